The molecule has 1 saturated heterocycles. The quantitative estimate of drug-likeness (QED) is 0.194. The number of para-hydroxylation sites is 1. The van der Waals surface area contributed by atoms with Crippen molar-refractivity contribution in [2.75, 3.05) is 7.05 Å². The summed E-state index contributed by atoms with van der Waals surface area (Å²) < 4.78 is 71.0. The Balaban J connectivity index is 2.14. The molecule has 0 radical (unpaired) electrons. The third-order valence-electron chi connectivity index (χ3n) is 7.62. The fourth-order valence-electron chi connectivity index (χ4n) is 5.15. The predicted molar refractivity (Wildman–Crippen MR) is 145 cm³/mol. The number of phenolic OH excluding ortho intramolecular Hbond substituents is 1. The van der Waals surface area contributed by atoms with Gasteiger partial charge in [0.05, 0.1) is 29.7 Å². The Morgan fingerprint density at radius 2 is 1.48 bits per heavy atom. The average molecular weight is 629 g/mol. The Hall–Kier alpha value is -4.27. The summed E-state index contributed by atoms with van der Waals surface area (Å²) in [5.41, 5.74) is -1.61. The van der Waals surface area contributed by atoms with E-state index in [2.05, 4.69) is 16.0 Å². The second-order valence-corrected chi connectivity index (χ2v) is 11.1. The van der Waals surface area contributed by atoms with Crippen LogP contribution in [0.2, 0.25) is 0 Å². The monoisotopic (exact) mass is 628 g/mol. The molecule has 15 heteroatoms. The van der Waals surface area contributed by atoms with Gasteiger partial charge in [0.15, 0.2) is 23.3 Å². The minimum atomic E-state index is -2.41. The Labute approximate surface area is 249 Å². The van der Waals surface area contributed by atoms with E-state index in [-0.39, 0.29) is 5.56 Å². The maximum atomic E-state index is 14.7. The van der Waals surface area contributed by atoms with Gasteiger partial charge in [-0.3, -0.25) is 19.2 Å². The van der Waals surface area contributed by atoms with Crippen LogP contribution in [-0.4, -0.2) is 76.1 Å². The fourth-order valence-corrected chi connectivity index (χ4v) is 5.15. The van der Waals surface area contributed by atoms with Crippen LogP contribution in [0.25, 0.3) is 0 Å². The van der Waals surface area contributed by atoms with Gasteiger partial charge in [0, 0.05) is 19.0 Å². The van der Waals surface area contributed by atoms with Crippen LogP contribution in [0.3, 0.4) is 0 Å². The first kappa shape index (κ1) is 34.2. The van der Waals surface area contributed by atoms with E-state index in [9.17, 15) is 51.3 Å². The molecule has 2 aromatic carbocycles. The minimum absolute atomic E-state index is 0.248. The molecule has 1 aliphatic rings. The van der Waals surface area contributed by atoms with Crippen molar-refractivity contribution in [3.05, 3.63) is 64.5 Å². The first-order valence-corrected chi connectivity index (χ1v) is 13.6. The molecule has 0 aliphatic carbocycles. The third kappa shape index (κ3) is 6.77. The molecular formula is C29H33F5N4O6. The summed E-state index contributed by atoms with van der Waals surface area (Å²) in [6.45, 7) is 5.78. The highest BCUT2D eigenvalue weighted by Crippen LogP contribution is 2.27. The molecule has 5 N–H and O–H groups in total. The van der Waals surface area contributed by atoms with E-state index in [4.69, 9.17) is 0 Å². The maximum Gasteiger partial charge on any atom is 0.255 e. The van der Waals surface area contributed by atoms with Gasteiger partial charge in [-0.25, -0.2) is 22.0 Å². The number of nitrogens with zero attached hydrogens (tertiary/aromatic N) is 1. The molecule has 6 atom stereocenters. The third-order valence-corrected chi connectivity index (χ3v) is 7.62. The van der Waals surface area contributed by atoms with Crippen molar-refractivity contribution in [1.29, 1.82) is 0 Å². The Kier molecular flexibility index (Phi) is 10.6. The van der Waals surface area contributed by atoms with E-state index in [1.54, 1.807) is 13.8 Å². The first-order valence-electron chi connectivity index (χ1n) is 13.6. The lowest BCUT2D eigenvalue weighted by molar-refractivity contribution is -0.147. The molecule has 10 nitrogen and oxygen atoms in total. The van der Waals surface area contributed by atoms with Gasteiger partial charge in [-0.05, 0) is 25.0 Å². The molecule has 4 amide bonds. The number of benzene rings is 2. The second kappa shape index (κ2) is 13.6. The number of phenols is 1. The number of carbonyl (C=O) groups is 4. The van der Waals surface area contributed by atoms with Gasteiger partial charge in [-0.15, -0.1) is 0 Å². The second-order valence-electron chi connectivity index (χ2n) is 11.1. The zero-order valence-corrected chi connectivity index (χ0v) is 24.4. The smallest absolute Gasteiger partial charge is 0.255 e. The van der Waals surface area contributed by atoms with Crippen molar-refractivity contribution in [2.45, 2.75) is 64.4 Å². The van der Waals surface area contributed by atoms with E-state index < -0.39 is 113 Å². The number of halogens is 5. The summed E-state index contributed by atoms with van der Waals surface area (Å²) >= 11 is 0. The van der Waals surface area contributed by atoms with Gasteiger partial charge >= 0.3 is 0 Å². The lowest BCUT2D eigenvalue weighted by Gasteiger charge is -2.38. The number of aliphatic hydroxyl groups is 1. The summed E-state index contributed by atoms with van der Waals surface area (Å²) in [5, 5.41) is 28.5. The molecule has 0 saturated carbocycles. The zero-order chi connectivity index (χ0) is 33.2. The molecule has 3 rings (SSSR count). The zero-order valence-electron chi connectivity index (χ0n) is 24.4. The van der Waals surface area contributed by atoms with E-state index in [0.29, 0.717) is 0 Å². The van der Waals surface area contributed by atoms with Crippen molar-refractivity contribution in [3.63, 3.8) is 0 Å². The predicted octanol–water partition coefficient (Wildman–Crippen LogP) is 1.91. The summed E-state index contributed by atoms with van der Waals surface area (Å²) in [4.78, 5) is 54.4. The number of nitrogens with one attached hydrogen (secondary N) is 3. The molecule has 1 aliphatic heterocycles. The van der Waals surface area contributed by atoms with E-state index >= 15 is 0 Å². The summed E-state index contributed by atoms with van der Waals surface area (Å²) in [5.74, 6) is -17.4. The van der Waals surface area contributed by atoms with Crippen LogP contribution in [-0.2, 0) is 20.8 Å². The van der Waals surface area contributed by atoms with Crippen LogP contribution in [0.15, 0.2) is 24.3 Å². The van der Waals surface area contributed by atoms with Gasteiger partial charge in [0.2, 0.25) is 23.5 Å². The van der Waals surface area contributed by atoms with Gasteiger partial charge in [0.1, 0.15) is 17.8 Å². The molecular weight excluding hydrogens is 595 g/mol. The SMILES string of the molecule is CC(C)C1C(=O)N[C@H](C)[C@H](NC(=O)c2ccccc2O)C(=O)N[C@@H](Cc2c(F)c(F)c(F)c(F)c2F)[C@@H](O)[C@@H](C)C(=O)N1C. The van der Waals surface area contributed by atoms with E-state index in [1.165, 1.54) is 45.2 Å². The van der Waals surface area contributed by atoms with Gasteiger partial charge in [0.25, 0.3) is 5.91 Å². The van der Waals surface area contributed by atoms with Crippen molar-refractivity contribution >= 4 is 23.6 Å². The number of hydrogen-bond acceptors (Lipinski definition) is 6. The van der Waals surface area contributed by atoms with Crippen molar-refractivity contribution in [3.8, 4) is 5.75 Å². The van der Waals surface area contributed by atoms with Crippen molar-refractivity contribution in [2.24, 2.45) is 11.8 Å². The molecule has 1 fully saturated rings. The van der Waals surface area contributed by atoms with Crippen molar-refractivity contribution < 1.29 is 51.3 Å². The highest BCUT2D eigenvalue weighted by Gasteiger charge is 2.42. The lowest BCUT2D eigenvalue weighted by atomic mass is 9.89. The molecule has 0 aromatic heterocycles. The number of aliphatic hydroxyl groups excluding tert-OH is 1. The Bertz CT molecular complexity index is 1430. The summed E-state index contributed by atoms with van der Waals surface area (Å²) in [6, 6.07) is -0.566. The number of rotatable bonds is 5. The largest absolute Gasteiger partial charge is 0.507 e. The highest BCUT2D eigenvalue weighted by molar-refractivity contribution is 6.00. The summed E-state index contributed by atoms with van der Waals surface area (Å²) in [7, 11) is 1.28. The van der Waals surface area contributed by atoms with Crippen LogP contribution in [0.1, 0.15) is 43.6 Å². The molecule has 240 valence electrons. The average Bonchev–Trinajstić information content (AvgIpc) is 2.97. The highest BCUT2D eigenvalue weighted by atomic mass is 19.2. The topological polar surface area (TPSA) is 148 Å². The molecule has 1 heterocycles. The van der Waals surface area contributed by atoms with Crippen LogP contribution in [0.4, 0.5) is 22.0 Å². The molecule has 2 aromatic rings. The first-order chi connectivity index (χ1) is 20.5. The number of amides is 4. The van der Waals surface area contributed by atoms with Crippen LogP contribution < -0.4 is 16.0 Å². The van der Waals surface area contributed by atoms with Crippen molar-refractivity contribution in [1.82, 2.24) is 20.9 Å². The summed E-state index contributed by atoms with van der Waals surface area (Å²) in [6.07, 6.45) is -3.14. The van der Waals surface area contributed by atoms with Crippen LogP contribution in [0, 0.1) is 40.9 Å². The van der Waals surface area contributed by atoms with Gasteiger partial charge in [-0.1, -0.05) is 32.9 Å². The number of hydrogen-bond donors (Lipinski definition) is 5. The fraction of sp³-hybridized carbons (Fsp3) is 0.448. The molecule has 0 spiro atoms. The molecule has 1 unspecified atom stereocenters. The Morgan fingerprint density at radius 1 is 0.932 bits per heavy atom. The maximum absolute atomic E-state index is 14.7. The van der Waals surface area contributed by atoms with Crippen LogP contribution in [0.5, 0.6) is 5.75 Å². The van der Waals surface area contributed by atoms with Gasteiger partial charge in [-0.2, -0.15) is 0 Å². The van der Waals surface area contributed by atoms with E-state index in [1.807, 2.05) is 0 Å². The minimum Gasteiger partial charge on any atom is -0.507 e. The molecule has 44 heavy (non-hydrogen) atoms. The van der Waals surface area contributed by atoms with Crippen LogP contribution >= 0.6 is 0 Å². The normalized spacial score (nSPS) is 25.2. The van der Waals surface area contributed by atoms with E-state index in [0.717, 1.165) is 4.90 Å². The molecule has 0 bridgehead atoms. The lowest BCUT2D eigenvalue weighted by Crippen LogP contribution is -2.64. The number of likely N-dealkylation sites (N-methyl/N-ethyl adjacent to an activating group) is 1. The Morgan fingerprint density at radius 3 is 2.02 bits per heavy atom. The van der Waals surface area contributed by atoms with Gasteiger partial charge < -0.3 is 31.1 Å². The standard InChI is InChI=1S/C29H33F5N4O6/c1-11(2)24-28(43)35-13(4)23(37-26(41)14-8-6-7-9-17(14)39)27(42)36-16(25(40)12(3)29(44)38(24)5)10-15-18(30)20(32)22(34)21(33)19(15)31/h6-9,11-13,16,23-25,39-40H,10H2,1-5H3,(H,35,43)(H,36,42)(H,37,41)/t12-,13-,16+,23+,24?,25+/m1/s1. The number of aromatic hydroxyl groups is 1. The number of carbonyl (C=O) groups excluding carboxylic acids is 4.